The Morgan fingerprint density at radius 1 is 1.50 bits per heavy atom. The molecular weight excluding hydrogens is 316 g/mol. The molecule has 106 valence electrons. The van der Waals surface area contributed by atoms with Crippen molar-refractivity contribution in [2.45, 2.75) is 17.7 Å². The number of hydrogen-bond donors (Lipinski definition) is 2. The highest BCUT2D eigenvalue weighted by atomic mass is 35.5. The van der Waals surface area contributed by atoms with Gasteiger partial charge in [0, 0.05) is 22.9 Å². The number of anilines is 2. The first-order chi connectivity index (χ1) is 9.56. The zero-order valence-corrected chi connectivity index (χ0v) is 13.1. The zero-order valence-electron chi connectivity index (χ0n) is 10.7. The molecule has 5 nitrogen and oxygen atoms in total. The number of nitrogens with two attached hydrogens (primary N) is 1. The van der Waals surface area contributed by atoms with Crippen molar-refractivity contribution in [3.63, 3.8) is 0 Å². The topological polar surface area (TPSA) is 80.9 Å². The highest BCUT2D eigenvalue weighted by molar-refractivity contribution is 8.01. The number of benzene rings is 1. The van der Waals surface area contributed by atoms with Gasteiger partial charge in [-0.25, -0.2) is 0 Å². The summed E-state index contributed by atoms with van der Waals surface area (Å²) in [4.78, 5) is 11.8. The third-order valence-electron chi connectivity index (χ3n) is 2.52. The van der Waals surface area contributed by atoms with Crippen LogP contribution >= 0.6 is 34.7 Å². The van der Waals surface area contributed by atoms with E-state index in [0.717, 1.165) is 15.6 Å². The average Bonchev–Trinajstić information content (AvgIpc) is 2.81. The van der Waals surface area contributed by atoms with E-state index in [1.165, 1.54) is 23.1 Å². The zero-order chi connectivity index (χ0) is 14.5. The number of nitrogens with zero attached hydrogens (tertiary/aromatic N) is 2. The molecule has 1 amide bonds. The van der Waals surface area contributed by atoms with Crippen LogP contribution in [0.1, 0.15) is 12.0 Å². The van der Waals surface area contributed by atoms with Crippen molar-refractivity contribution in [1.82, 2.24) is 10.2 Å². The summed E-state index contributed by atoms with van der Waals surface area (Å²) in [5.41, 5.74) is 7.09. The van der Waals surface area contributed by atoms with Crippen molar-refractivity contribution in [3.8, 4) is 0 Å². The molecule has 0 aliphatic heterocycles. The molecule has 3 N–H and O–H groups in total. The van der Waals surface area contributed by atoms with Crippen LogP contribution in [0, 0.1) is 6.92 Å². The van der Waals surface area contributed by atoms with Crippen molar-refractivity contribution in [3.05, 3.63) is 28.8 Å². The molecule has 0 aliphatic carbocycles. The molecule has 1 aromatic carbocycles. The summed E-state index contributed by atoms with van der Waals surface area (Å²) in [5, 5.41) is 11.5. The minimum atomic E-state index is -0.0552. The lowest BCUT2D eigenvalue weighted by Gasteiger charge is -2.08. The molecule has 0 atom stereocenters. The predicted octanol–water partition coefficient (Wildman–Crippen LogP) is 3.20. The quantitative estimate of drug-likeness (QED) is 0.824. The van der Waals surface area contributed by atoms with Crippen molar-refractivity contribution in [1.29, 1.82) is 0 Å². The molecular formula is C12H13ClN4OS2. The van der Waals surface area contributed by atoms with Crippen LogP contribution in [0.3, 0.4) is 0 Å². The Kier molecular flexibility index (Phi) is 5.22. The molecule has 1 aromatic heterocycles. The number of nitrogens with one attached hydrogen (secondary N) is 1. The van der Waals surface area contributed by atoms with Gasteiger partial charge in [-0.15, -0.1) is 10.2 Å². The molecule has 2 aromatic rings. The van der Waals surface area contributed by atoms with Gasteiger partial charge in [-0.05, 0) is 24.6 Å². The summed E-state index contributed by atoms with van der Waals surface area (Å²) >= 11 is 8.79. The number of nitrogen functional groups attached to an aromatic ring is 1. The highest BCUT2D eigenvalue weighted by Crippen LogP contribution is 2.25. The van der Waals surface area contributed by atoms with Crippen LogP contribution < -0.4 is 11.1 Å². The Balaban J connectivity index is 1.82. The SMILES string of the molecule is Cc1c(Cl)cccc1NC(=O)CCSc1nnc(N)s1. The van der Waals surface area contributed by atoms with Crippen molar-refractivity contribution >= 4 is 51.4 Å². The van der Waals surface area contributed by atoms with Gasteiger partial charge in [-0.3, -0.25) is 4.79 Å². The Labute approximate surface area is 129 Å². The van der Waals surface area contributed by atoms with E-state index in [9.17, 15) is 4.79 Å². The van der Waals surface area contributed by atoms with E-state index >= 15 is 0 Å². The van der Waals surface area contributed by atoms with Gasteiger partial charge < -0.3 is 11.1 Å². The lowest BCUT2D eigenvalue weighted by atomic mass is 10.2. The Hall–Kier alpha value is -1.31. The van der Waals surface area contributed by atoms with Gasteiger partial charge in [0.25, 0.3) is 0 Å². The number of thioether (sulfide) groups is 1. The maximum atomic E-state index is 11.8. The molecule has 0 saturated heterocycles. The van der Waals surface area contributed by atoms with Crippen LogP contribution in [0.2, 0.25) is 5.02 Å². The Morgan fingerprint density at radius 3 is 3.00 bits per heavy atom. The lowest BCUT2D eigenvalue weighted by molar-refractivity contribution is -0.115. The van der Waals surface area contributed by atoms with Gasteiger partial charge in [-0.1, -0.05) is 40.8 Å². The smallest absolute Gasteiger partial charge is 0.225 e. The maximum absolute atomic E-state index is 11.8. The number of hydrogen-bond acceptors (Lipinski definition) is 6. The van der Waals surface area contributed by atoms with Crippen LogP contribution in [0.15, 0.2) is 22.5 Å². The first-order valence-corrected chi connectivity index (χ1v) is 8.01. The second kappa shape index (κ2) is 6.92. The van der Waals surface area contributed by atoms with E-state index in [-0.39, 0.29) is 5.91 Å². The van der Waals surface area contributed by atoms with E-state index in [1.54, 1.807) is 6.07 Å². The van der Waals surface area contributed by atoms with Gasteiger partial charge in [-0.2, -0.15) is 0 Å². The minimum Gasteiger partial charge on any atom is -0.374 e. The molecule has 0 unspecified atom stereocenters. The highest BCUT2D eigenvalue weighted by Gasteiger charge is 2.08. The summed E-state index contributed by atoms with van der Waals surface area (Å²) in [5.74, 6) is 0.570. The van der Waals surface area contributed by atoms with Crippen LogP contribution in [0.5, 0.6) is 0 Å². The molecule has 0 bridgehead atoms. The Morgan fingerprint density at radius 2 is 2.30 bits per heavy atom. The van der Waals surface area contributed by atoms with E-state index in [2.05, 4.69) is 15.5 Å². The van der Waals surface area contributed by atoms with Gasteiger partial charge in [0.2, 0.25) is 11.0 Å². The number of amides is 1. The molecule has 0 saturated carbocycles. The summed E-state index contributed by atoms with van der Waals surface area (Å²) < 4.78 is 0.772. The van der Waals surface area contributed by atoms with E-state index in [0.29, 0.717) is 22.3 Å². The van der Waals surface area contributed by atoms with Crippen LogP contribution in [0.25, 0.3) is 0 Å². The predicted molar refractivity (Wildman–Crippen MR) is 84.5 cm³/mol. The molecule has 1 heterocycles. The van der Waals surface area contributed by atoms with Gasteiger partial charge >= 0.3 is 0 Å². The van der Waals surface area contributed by atoms with Crippen LogP contribution in [-0.2, 0) is 4.79 Å². The largest absolute Gasteiger partial charge is 0.374 e. The van der Waals surface area contributed by atoms with Gasteiger partial charge in [0.05, 0.1) is 0 Å². The molecule has 0 aliphatic rings. The number of carbonyl (C=O) groups excluding carboxylic acids is 1. The number of carbonyl (C=O) groups is 1. The van der Waals surface area contributed by atoms with Crippen LogP contribution in [-0.4, -0.2) is 21.9 Å². The molecule has 0 spiro atoms. The Bertz CT molecular complexity index is 617. The molecule has 20 heavy (non-hydrogen) atoms. The van der Waals surface area contributed by atoms with Gasteiger partial charge in [0.1, 0.15) is 0 Å². The second-order valence-electron chi connectivity index (χ2n) is 3.97. The fraction of sp³-hybridized carbons (Fsp3) is 0.250. The first kappa shape index (κ1) is 15.1. The van der Waals surface area contributed by atoms with E-state index in [4.69, 9.17) is 17.3 Å². The minimum absolute atomic E-state index is 0.0552. The maximum Gasteiger partial charge on any atom is 0.225 e. The molecule has 0 fully saturated rings. The van der Waals surface area contributed by atoms with Gasteiger partial charge in [0.15, 0.2) is 4.34 Å². The summed E-state index contributed by atoms with van der Waals surface area (Å²) in [7, 11) is 0. The normalized spacial score (nSPS) is 10.5. The number of halogens is 1. The summed E-state index contributed by atoms with van der Waals surface area (Å²) in [6.45, 7) is 1.87. The third kappa shape index (κ3) is 4.09. The third-order valence-corrected chi connectivity index (χ3v) is 4.82. The number of aromatic nitrogens is 2. The molecule has 0 radical (unpaired) electrons. The monoisotopic (exact) mass is 328 g/mol. The standard InChI is InChI=1S/C12H13ClN4OS2/c1-7-8(13)3-2-4-9(7)15-10(18)5-6-19-12-17-16-11(14)20-12/h2-4H,5-6H2,1H3,(H2,14,16)(H,15,18). The fourth-order valence-corrected chi connectivity index (χ4v) is 3.28. The fourth-order valence-electron chi connectivity index (χ4n) is 1.47. The van der Waals surface area contributed by atoms with Crippen molar-refractivity contribution < 1.29 is 4.79 Å². The average molecular weight is 329 g/mol. The first-order valence-electron chi connectivity index (χ1n) is 5.83. The second-order valence-corrected chi connectivity index (χ2v) is 6.72. The van der Waals surface area contributed by atoms with Crippen LogP contribution in [0.4, 0.5) is 10.8 Å². The summed E-state index contributed by atoms with van der Waals surface area (Å²) in [6, 6.07) is 5.43. The van der Waals surface area contributed by atoms with Crippen molar-refractivity contribution in [2.24, 2.45) is 0 Å². The molecule has 8 heteroatoms. The van der Waals surface area contributed by atoms with E-state index in [1.807, 2.05) is 19.1 Å². The van der Waals surface area contributed by atoms with E-state index < -0.39 is 0 Å². The summed E-state index contributed by atoms with van der Waals surface area (Å²) in [6.07, 6.45) is 0.385. The van der Waals surface area contributed by atoms with Crippen molar-refractivity contribution in [2.75, 3.05) is 16.8 Å². The molecule has 2 rings (SSSR count). The lowest BCUT2D eigenvalue weighted by Crippen LogP contribution is -2.13. The number of rotatable bonds is 5.